The van der Waals surface area contributed by atoms with Crippen LogP contribution < -0.4 is 10.1 Å². The number of aromatic nitrogens is 1. The third-order valence-corrected chi connectivity index (χ3v) is 2.40. The summed E-state index contributed by atoms with van der Waals surface area (Å²) in [5.74, 6) is 0.386. The van der Waals surface area contributed by atoms with Crippen LogP contribution >= 0.6 is 0 Å². The number of nitrogens with one attached hydrogen (secondary N) is 1. The smallest absolute Gasteiger partial charge is 0.252 e. The SMILES string of the molecule is CCCNC(=O)c1ccc(OCCOC(C)(C)C)nc1. The normalized spacial score (nSPS) is 11.2. The summed E-state index contributed by atoms with van der Waals surface area (Å²) in [5.41, 5.74) is 0.370. The molecule has 1 aromatic rings. The zero-order valence-electron chi connectivity index (χ0n) is 12.7. The molecule has 0 radical (unpaired) electrons. The number of hydrogen-bond acceptors (Lipinski definition) is 4. The molecule has 0 fully saturated rings. The lowest BCUT2D eigenvalue weighted by Gasteiger charge is -2.19. The second-order valence-corrected chi connectivity index (χ2v) is 5.45. The number of carbonyl (C=O) groups excluding carboxylic acids is 1. The first kappa shape index (κ1) is 16.4. The number of nitrogens with zero attached hydrogens (tertiary/aromatic N) is 1. The number of ether oxygens (including phenoxy) is 2. The van der Waals surface area contributed by atoms with Gasteiger partial charge in [-0.1, -0.05) is 6.92 Å². The number of amides is 1. The zero-order chi connectivity index (χ0) is 15.0. The van der Waals surface area contributed by atoms with Crippen LogP contribution in [0.25, 0.3) is 0 Å². The van der Waals surface area contributed by atoms with Crippen LogP contribution in [0.4, 0.5) is 0 Å². The second kappa shape index (κ2) is 7.85. The number of hydrogen-bond donors (Lipinski definition) is 1. The molecule has 1 amide bonds. The molecule has 1 rings (SSSR count). The molecular formula is C15H24N2O3. The van der Waals surface area contributed by atoms with Crippen molar-refractivity contribution in [1.29, 1.82) is 0 Å². The molecule has 0 spiro atoms. The van der Waals surface area contributed by atoms with E-state index in [1.54, 1.807) is 12.1 Å². The van der Waals surface area contributed by atoms with E-state index in [1.807, 2.05) is 27.7 Å². The molecule has 5 nitrogen and oxygen atoms in total. The van der Waals surface area contributed by atoms with Crippen molar-refractivity contribution < 1.29 is 14.3 Å². The van der Waals surface area contributed by atoms with Gasteiger partial charge in [0.2, 0.25) is 5.88 Å². The van der Waals surface area contributed by atoms with Gasteiger partial charge in [-0.2, -0.15) is 0 Å². The summed E-state index contributed by atoms with van der Waals surface area (Å²) in [4.78, 5) is 15.8. The Morgan fingerprint density at radius 3 is 2.60 bits per heavy atom. The van der Waals surface area contributed by atoms with Gasteiger partial charge < -0.3 is 14.8 Å². The van der Waals surface area contributed by atoms with Gasteiger partial charge in [0.05, 0.1) is 17.8 Å². The van der Waals surface area contributed by atoms with Crippen LogP contribution in [0.3, 0.4) is 0 Å². The Morgan fingerprint density at radius 2 is 2.05 bits per heavy atom. The predicted octanol–water partition coefficient (Wildman–Crippen LogP) is 2.42. The molecule has 112 valence electrons. The summed E-state index contributed by atoms with van der Waals surface area (Å²) in [6.45, 7) is 9.60. The molecule has 0 aliphatic carbocycles. The zero-order valence-corrected chi connectivity index (χ0v) is 12.7. The molecule has 0 saturated carbocycles. The Morgan fingerprint density at radius 1 is 1.30 bits per heavy atom. The fourth-order valence-corrected chi connectivity index (χ4v) is 1.43. The van der Waals surface area contributed by atoms with Crippen molar-refractivity contribution >= 4 is 5.91 Å². The van der Waals surface area contributed by atoms with Crippen molar-refractivity contribution in [3.8, 4) is 5.88 Å². The van der Waals surface area contributed by atoms with Crippen molar-refractivity contribution in [2.45, 2.75) is 39.7 Å². The number of carbonyl (C=O) groups is 1. The van der Waals surface area contributed by atoms with Gasteiger partial charge in [-0.25, -0.2) is 4.98 Å². The van der Waals surface area contributed by atoms with E-state index in [2.05, 4.69) is 10.3 Å². The monoisotopic (exact) mass is 280 g/mol. The highest BCUT2D eigenvalue weighted by atomic mass is 16.5. The van der Waals surface area contributed by atoms with E-state index >= 15 is 0 Å². The van der Waals surface area contributed by atoms with E-state index in [-0.39, 0.29) is 11.5 Å². The lowest BCUT2D eigenvalue weighted by atomic mass is 10.2. The average molecular weight is 280 g/mol. The van der Waals surface area contributed by atoms with Gasteiger partial charge in [0.15, 0.2) is 0 Å². The van der Waals surface area contributed by atoms with E-state index < -0.39 is 0 Å². The Kier molecular flexibility index (Phi) is 6.45. The van der Waals surface area contributed by atoms with Crippen LogP contribution in [0.1, 0.15) is 44.5 Å². The van der Waals surface area contributed by atoms with Gasteiger partial charge in [-0.3, -0.25) is 4.79 Å². The quantitative estimate of drug-likeness (QED) is 0.779. The Labute approximate surface area is 120 Å². The Hall–Kier alpha value is -1.62. The van der Waals surface area contributed by atoms with Crippen LogP contribution in [-0.4, -0.2) is 36.3 Å². The number of pyridine rings is 1. The van der Waals surface area contributed by atoms with Gasteiger partial charge in [0.25, 0.3) is 5.91 Å². The summed E-state index contributed by atoms with van der Waals surface area (Å²) in [5, 5.41) is 2.80. The van der Waals surface area contributed by atoms with E-state index in [1.165, 1.54) is 6.20 Å². The molecule has 0 aromatic carbocycles. The maximum atomic E-state index is 11.7. The third kappa shape index (κ3) is 6.52. The summed E-state index contributed by atoms with van der Waals surface area (Å²) in [7, 11) is 0. The standard InChI is InChI=1S/C15H24N2O3/c1-5-8-16-14(18)12-6-7-13(17-11-12)19-9-10-20-15(2,3)4/h6-7,11H,5,8-10H2,1-4H3,(H,16,18). The van der Waals surface area contributed by atoms with Crippen LogP contribution in [0.2, 0.25) is 0 Å². The van der Waals surface area contributed by atoms with Gasteiger partial charge >= 0.3 is 0 Å². The molecule has 0 unspecified atom stereocenters. The number of rotatable bonds is 7. The highest BCUT2D eigenvalue weighted by Crippen LogP contribution is 2.09. The van der Waals surface area contributed by atoms with Crippen molar-refractivity contribution in [2.75, 3.05) is 19.8 Å². The Bertz CT molecular complexity index is 410. The van der Waals surface area contributed by atoms with Crippen molar-refractivity contribution in [1.82, 2.24) is 10.3 Å². The van der Waals surface area contributed by atoms with Crippen molar-refractivity contribution in [2.24, 2.45) is 0 Å². The van der Waals surface area contributed by atoms with E-state index in [9.17, 15) is 4.79 Å². The van der Waals surface area contributed by atoms with Crippen LogP contribution in [0.15, 0.2) is 18.3 Å². The fraction of sp³-hybridized carbons (Fsp3) is 0.600. The lowest BCUT2D eigenvalue weighted by Crippen LogP contribution is -2.24. The second-order valence-electron chi connectivity index (χ2n) is 5.45. The molecule has 1 heterocycles. The largest absolute Gasteiger partial charge is 0.475 e. The van der Waals surface area contributed by atoms with Gasteiger partial charge in [0.1, 0.15) is 6.61 Å². The topological polar surface area (TPSA) is 60.5 Å². The van der Waals surface area contributed by atoms with E-state index in [4.69, 9.17) is 9.47 Å². The van der Waals surface area contributed by atoms with Crippen molar-refractivity contribution in [3.05, 3.63) is 23.9 Å². The molecule has 0 saturated heterocycles. The molecule has 0 aliphatic rings. The molecule has 5 heteroatoms. The Balaban J connectivity index is 2.37. The van der Waals surface area contributed by atoms with Gasteiger partial charge in [-0.15, -0.1) is 0 Å². The van der Waals surface area contributed by atoms with Gasteiger partial charge in [-0.05, 0) is 33.3 Å². The molecule has 1 N–H and O–H groups in total. The molecular weight excluding hydrogens is 256 g/mol. The lowest BCUT2D eigenvalue weighted by molar-refractivity contribution is -0.0168. The molecule has 0 atom stereocenters. The maximum absolute atomic E-state index is 11.7. The van der Waals surface area contributed by atoms with Crippen LogP contribution in [0.5, 0.6) is 5.88 Å². The molecule has 1 aromatic heterocycles. The summed E-state index contributed by atoms with van der Waals surface area (Å²) >= 11 is 0. The first-order valence-corrected chi connectivity index (χ1v) is 6.93. The van der Waals surface area contributed by atoms with E-state index in [0.717, 1.165) is 6.42 Å². The molecule has 0 aliphatic heterocycles. The maximum Gasteiger partial charge on any atom is 0.252 e. The van der Waals surface area contributed by atoms with Crippen LogP contribution in [0, 0.1) is 0 Å². The summed E-state index contributed by atoms with van der Waals surface area (Å²) in [6, 6.07) is 3.40. The minimum Gasteiger partial charge on any atom is -0.475 e. The fourth-order valence-electron chi connectivity index (χ4n) is 1.43. The predicted molar refractivity (Wildman–Crippen MR) is 78.1 cm³/mol. The third-order valence-electron chi connectivity index (χ3n) is 2.40. The minimum absolute atomic E-state index is 0.109. The minimum atomic E-state index is -0.169. The summed E-state index contributed by atoms with van der Waals surface area (Å²) < 4.78 is 11.0. The van der Waals surface area contributed by atoms with Gasteiger partial charge in [0, 0.05) is 18.8 Å². The average Bonchev–Trinajstić information content (AvgIpc) is 2.40. The first-order chi connectivity index (χ1) is 9.42. The highest BCUT2D eigenvalue weighted by Gasteiger charge is 2.09. The van der Waals surface area contributed by atoms with Crippen molar-refractivity contribution in [3.63, 3.8) is 0 Å². The first-order valence-electron chi connectivity index (χ1n) is 6.93. The van der Waals surface area contributed by atoms with E-state index in [0.29, 0.717) is 31.2 Å². The van der Waals surface area contributed by atoms with Crippen LogP contribution in [-0.2, 0) is 4.74 Å². The highest BCUT2D eigenvalue weighted by molar-refractivity contribution is 5.93. The molecule has 0 bridgehead atoms. The summed E-state index contributed by atoms with van der Waals surface area (Å²) in [6.07, 6.45) is 2.43. The molecule has 20 heavy (non-hydrogen) atoms.